The van der Waals surface area contributed by atoms with Gasteiger partial charge in [0.05, 0.1) is 12.6 Å². The van der Waals surface area contributed by atoms with E-state index in [0.717, 1.165) is 5.52 Å². The van der Waals surface area contributed by atoms with Crippen molar-refractivity contribution in [2.45, 2.75) is 37.8 Å². The SMILES string of the molecule is COc1ccc2cc(C3=CC4CCCC(C3)N4C)ccc2n1. The van der Waals surface area contributed by atoms with Crippen LogP contribution in [-0.2, 0) is 0 Å². The standard InChI is InChI=1S/C19H22N2O/c1-21-16-4-3-5-17(21)12-15(11-16)13-6-8-18-14(10-13)7-9-19(20-18)22-2/h6-11,16-17H,3-5,12H2,1-2H3. The van der Waals surface area contributed by atoms with Gasteiger partial charge < -0.3 is 4.74 Å². The molecule has 2 aliphatic rings. The highest BCUT2D eigenvalue weighted by Crippen LogP contribution is 2.36. The number of hydrogen-bond acceptors (Lipinski definition) is 3. The van der Waals surface area contributed by atoms with Crippen LogP contribution < -0.4 is 4.74 Å². The maximum atomic E-state index is 5.20. The summed E-state index contributed by atoms with van der Waals surface area (Å²) in [5.74, 6) is 0.674. The van der Waals surface area contributed by atoms with Gasteiger partial charge in [0.25, 0.3) is 0 Å². The van der Waals surface area contributed by atoms with E-state index in [1.165, 1.54) is 42.2 Å². The second-order valence-electron chi connectivity index (χ2n) is 6.47. The zero-order chi connectivity index (χ0) is 15.1. The second-order valence-corrected chi connectivity index (χ2v) is 6.47. The van der Waals surface area contributed by atoms with Crippen LogP contribution in [0.1, 0.15) is 31.2 Å². The molecule has 2 atom stereocenters. The lowest BCUT2D eigenvalue weighted by molar-refractivity contribution is 0.137. The minimum Gasteiger partial charge on any atom is -0.481 e. The van der Waals surface area contributed by atoms with E-state index in [9.17, 15) is 0 Å². The van der Waals surface area contributed by atoms with Gasteiger partial charge in [-0.1, -0.05) is 18.6 Å². The van der Waals surface area contributed by atoms with E-state index < -0.39 is 0 Å². The van der Waals surface area contributed by atoms with E-state index in [0.29, 0.717) is 18.0 Å². The average molecular weight is 294 g/mol. The van der Waals surface area contributed by atoms with Crippen LogP contribution in [0.3, 0.4) is 0 Å². The van der Waals surface area contributed by atoms with Crippen molar-refractivity contribution in [3.8, 4) is 5.88 Å². The molecule has 1 saturated heterocycles. The monoisotopic (exact) mass is 294 g/mol. The lowest BCUT2D eigenvalue weighted by atomic mass is 9.83. The Kier molecular flexibility index (Phi) is 3.38. The molecule has 2 unspecified atom stereocenters. The van der Waals surface area contributed by atoms with Crippen molar-refractivity contribution in [2.75, 3.05) is 14.2 Å². The first-order chi connectivity index (χ1) is 10.7. The highest BCUT2D eigenvalue weighted by molar-refractivity contribution is 5.84. The fraction of sp³-hybridized carbons (Fsp3) is 0.421. The Morgan fingerprint density at radius 3 is 2.91 bits per heavy atom. The molecule has 3 heterocycles. The number of ether oxygens (including phenoxy) is 1. The molecule has 2 aromatic rings. The summed E-state index contributed by atoms with van der Waals surface area (Å²) in [4.78, 5) is 7.06. The van der Waals surface area contributed by atoms with Gasteiger partial charge in [0.1, 0.15) is 0 Å². The third-order valence-corrected chi connectivity index (χ3v) is 5.23. The van der Waals surface area contributed by atoms with Crippen molar-refractivity contribution in [1.29, 1.82) is 0 Å². The largest absolute Gasteiger partial charge is 0.481 e. The Labute approximate surface area is 131 Å². The third-order valence-electron chi connectivity index (χ3n) is 5.23. The number of likely N-dealkylation sites (N-methyl/N-ethyl adjacent to an activating group) is 1. The van der Waals surface area contributed by atoms with Crippen molar-refractivity contribution < 1.29 is 4.74 Å². The first kappa shape index (κ1) is 13.8. The zero-order valence-corrected chi connectivity index (χ0v) is 13.2. The number of rotatable bonds is 2. The van der Waals surface area contributed by atoms with Crippen LogP contribution in [0.25, 0.3) is 16.5 Å². The van der Waals surface area contributed by atoms with Crippen LogP contribution in [-0.4, -0.2) is 36.1 Å². The van der Waals surface area contributed by atoms with E-state index in [1.807, 2.05) is 6.07 Å². The van der Waals surface area contributed by atoms with Crippen LogP contribution in [0.4, 0.5) is 0 Å². The smallest absolute Gasteiger partial charge is 0.213 e. The molecule has 4 rings (SSSR count). The minimum atomic E-state index is 0.618. The lowest BCUT2D eigenvalue weighted by Gasteiger charge is -2.42. The Morgan fingerprint density at radius 1 is 1.18 bits per heavy atom. The molecule has 0 saturated carbocycles. The highest BCUT2D eigenvalue weighted by Gasteiger charge is 2.31. The van der Waals surface area contributed by atoms with Crippen LogP contribution >= 0.6 is 0 Å². The summed E-state index contributed by atoms with van der Waals surface area (Å²) in [6.07, 6.45) is 7.64. The van der Waals surface area contributed by atoms with Crippen LogP contribution in [0, 0.1) is 0 Å². The molecule has 0 N–H and O–H groups in total. The van der Waals surface area contributed by atoms with Crippen LogP contribution in [0.5, 0.6) is 5.88 Å². The number of pyridine rings is 1. The maximum absolute atomic E-state index is 5.20. The molecule has 114 valence electrons. The van der Waals surface area contributed by atoms with Crippen molar-refractivity contribution in [2.24, 2.45) is 0 Å². The van der Waals surface area contributed by atoms with E-state index in [2.05, 4.69) is 47.3 Å². The van der Waals surface area contributed by atoms with Gasteiger partial charge in [-0.3, -0.25) is 4.90 Å². The number of hydrogen-bond donors (Lipinski definition) is 0. The molecule has 2 bridgehead atoms. The van der Waals surface area contributed by atoms with Gasteiger partial charge in [-0.25, -0.2) is 4.98 Å². The lowest BCUT2D eigenvalue weighted by Crippen LogP contribution is -2.45. The Hall–Kier alpha value is -1.87. The van der Waals surface area contributed by atoms with Gasteiger partial charge in [0, 0.05) is 23.5 Å². The normalized spacial score (nSPS) is 25.1. The van der Waals surface area contributed by atoms with E-state index >= 15 is 0 Å². The number of aromatic nitrogens is 1. The van der Waals surface area contributed by atoms with Gasteiger partial charge in [-0.2, -0.15) is 0 Å². The minimum absolute atomic E-state index is 0.618. The summed E-state index contributed by atoms with van der Waals surface area (Å²) in [6.45, 7) is 0. The molecule has 3 nitrogen and oxygen atoms in total. The molecule has 22 heavy (non-hydrogen) atoms. The van der Waals surface area contributed by atoms with Gasteiger partial charge in [0.2, 0.25) is 5.88 Å². The van der Waals surface area contributed by atoms with E-state index in [4.69, 9.17) is 4.74 Å². The van der Waals surface area contributed by atoms with Gasteiger partial charge in [0.15, 0.2) is 0 Å². The molecule has 0 aliphatic carbocycles. The molecule has 0 spiro atoms. The summed E-state index contributed by atoms with van der Waals surface area (Å²) < 4.78 is 5.20. The molecule has 2 aliphatic heterocycles. The number of nitrogens with zero attached hydrogens (tertiary/aromatic N) is 2. The molecule has 3 heteroatoms. The maximum Gasteiger partial charge on any atom is 0.213 e. The van der Waals surface area contributed by atoms with Gasteiger partial charge >= 0.3 is 0 Å². The second kappa shape index (κ2) is 5.40. The number of fused-ring (bicyclic) bond motifs is 3. The number of benzene rings is 1. The van der Waals surface area contributed by atoms with E-state index in [1.54, 1.807) is 7.11 Å². The third kappa shape index (κ3) is 2.30. The molecular formula is C19H22N2O. The van der Waals surface area contributed by atoms with E-state index in [-0.39, 0.29) is 0 Å². The first-order valence-electron chi connectivity index (χ1n) is 8.12. The van der Waals surface area contributed by atoms with Crippen molar-refractivity contribution in [1.82, 2.24) is 9.88 Å². The highest BCUT2D eigenvalue weighted by atomic mass is 16.5. The van der Waals surface area contributed by atoms with Gasteiger partial charge in [-0.15, -0.1) is 0 Å². The zero-order valence-electron chi connectivity index (χ0n) is 13.2. The molecular weight excluding hydrogens is 272 g/mol. The molecule has 1 fully saturated rings. The van der Waals surface area contributed by atoms with Crippen molar-refractivity contribution in [3.05, 3.63) is 42.0 Å². The molecule has 0 radical (unpaired) electrons. The molecule has 1 aromatic heterocycles. The Balaban J connectivity index is 1.72. The topological polar surface area (TPSA) is 25.4 Å². The summed E-state index contributed by atoms with van der Waals surface area (Å²) in [5.41, 5.74) is 3.85. The summed E-state index contributed by atoms with van der Waals surface area (Å²) >= 11 is 0. The Bertz CT molecular complexity index is 737. The number of methoxy groups -OCH3 is 1. The fourth-order valence-electron chi connectivity index (χ4n) is 3.88. The molecule has 0 amide bonds. The van der Waals surface area contributed by atoms with Crippen molar-refractivity contribution >= 4 is 16.5 Å². The predicted octanol–water partition coefficient (Wildman–Crippen LogP) is 3.88. The average Bonchev–Trinajstić information content (AvgIpc) is 2.53. The number of piperidine rings is 1. The predicted molar refractivity (Wildman–Crippen MR) is 90.1 cm³/mol. The van der Waals surface area contributed by atoms with Crippen LogP contribution in [0.15, 0.2) is 36.4 Å². The Morgan fingerprint density at radius 2 is 2.09 bits per heavy atom. The van der Waals surface area contributed by atoms with Crippen LogP contribution in [0.2, 0.25) is 0 Å². The van der Waals surface area contributed by atoms with Crippen molar-refractivity contribution in [3.63, 3.8) is 0 Å². The first-order valence-corrected chi connectivity index (χ1v) is 8.12. The van der Waals surface area contributed by atoms with Gasteiger partial charge in [-0.05, 0) is 55.6 Å². The summed E-state index contributed by atoms with van der Waals surface area (Å²) in [7, 11) is 3.93. The fourth-order valence-corrected chi connectivity index (χ4v) is 3.88. The summed E-state index contributed by atoms with van der Waals surface area (Å²) in [5, 5.41) is 1.18. The molecule has 1 aromatic carbocycles. The summed E-state index contributed by atoms with van der Waals surface area (Å²) in [6, 6.07) is 12.0. The quantitative estimate of drug-likeness (QED) is 0.840.